The summed E-state index contributed by atoms with van der Waals surface area (Å²) in [7, 11) is 0. The highest BCUT2D eigenvalue weighted by Gasteiger charge is 2.15. The van der Waals surface area contributed by atoms with Crippen LogP contribution in [0.2, 0.25) is 5.02 Å². The van der Waals surface area contributed by atoms with Crippen LogP contribution in [0.4, 0.5) is 5.69 Å². The van der Waals surface area contributed by atoms with Gasteiger partial charge in [-0.3, -0.25) is 4.99 Å². The molecule has 0 saturated carbocycles. The summed E-state index contributed by atoms with van der Waals surface area (Å²) in [4.78, 5) is 9.06. The maximum Gasteiger partial charge on any atom is 0.227 e. The molecule has 30 heavy (non-hydrogen) atoms. The Kier molecular flexibility index (Phi) is 5.43. The van der Waals surface area contributed by atoms with Crippen molar-refractivity contribution < 1.29 is 9.52 Å². The highest BCUT2D eigenvalue weighted by molar-refractivity contribution is 9.10. The monoisotopic (exact) mass is 482 g/mol. The Morgan fingerprint density at radius 2 is 1.80 bits per heavy atom. The van der Waals surface area contributed by atoms with Gasteiger partial charge in [0.25, 0.3) is 0 Å². The second-order valence-corrected chi connectivity index (χ2v) is 9.40. The normalized spacial score (nSPS) is 12.2. The zero-order chi connectivity index (χ0) is 21.5. The van der Waals surface area contributed by atoms with E-state index < -0.39 is 0 Å². The average Bonchev–Trinajstić information content (AvgIpc) is 3.12. The lowest BCUT2D eigenvalue weighted by atomic mass is 9.87. The van der Waals surface area contributed by atoms with Crippen LogP contribution in [0.25, 0.3) is 22.6 Å². The molecule has 0 fully saturated rings. The smallest absolute Gasteiger partial charge is 0.227 e. The molecule has 6 heteroatoms. The van der Waals surface area contributed by atoms with Crippen molar-refractivity contribution in [2.75, 3.05) is 0 Å². The van der Waals surface area contributed by atoms with E-state index in [9.17, 15) is 5.11 Å². The highest BCUT2D eigenvalue weighted by atomic mass is 79.9. The predicted octanol–water partition coefficient (Wildman–Crippen LogP) is 7.66. The summed E-state index contributed by atoms with van der Waals surface area (Å²) in [6.07, 6.45) is 1.57. The Hall–Kier alpha value is -2.63. The molecule has 4 nitrogen and oxygen atoms in total. The van der Waals surface area contributed by atoms with Crippen LogP contribution in [0.1, 0.15) is 31.9 Å². The van der Waals surface area contributed by atoms with Crippen LogP contribution in [-0.4, -0.2) is 16.3 Å². The van der Waals surface area contributed by atoms with Crippen LogP contribution >= 0.6 is 27.5 Å². The van der Waals surface area contributed by atoms with E-state index in [1.54, 1.807) is 18.3 Å². The van der Waals surface area contributed by atoms with Crippen LogP contribution in [0.15, 0.2) is 68.5 Å². The van der Waals surface area contributed by atoms with Crippen LogP contribution < -0.4 is 0 Å². The van der Waals surface area contributed by atoms with E-state index in [1.165, 1.54) is 5.56 Å². The number of aliphatic imine (C=N–C) groups is 1. The largest absolute Gasteiger partial charge is 0.506 e. The van der Waals surface area contributed by atoms with Crippen LogP contribution in [0, 0.1) is 0 Å². The Morgan fingerprint density at radius 1 is 1.07 bits per heavy atom. The van der Waals surface area contributed by atoms with Crippen molar-refractivity contribution in [3.8, 4) is 17.2 Å². The van der Waals surface area contributed by atoms with Gasteiger partial charge in [0.05, 0.1) is 10.7 Å². The number of hydrogen-bond donors (Lipinski definition) is 1. The van der Waals surface area contributed by atoms with E-state index in [1.807, 2.05) is 30.3 Å². The van der Waals surface area contributed by atoms with Crippen LogP contribution in [-0.2, 0) is 5.41 Å². The first-order chi connectivity index (χ1) is 14.2. The molecule has 0 spiro atoms. The van der Waals surface area contributed by atoms with E-state index in [0.29, 0.717) is 22.7 Å². The number of benzene rings is 3. The molecule has 152 valence electrons. The highest BCUT2D eigenvalue weighted by Crippen LogP contribution is 2.32. The first-order valence-corrected chi connectivity index (χ1v) is 10.6. The van der Waals surface area contributed by atoms with E-state index in [0.717, 1.165) is 15.6 Å². The second kappa shape index (κ2) is 7.89. The van der Waals surface area contributed by atoms with Gasteiger partial charge in [0, 0.05) is 21.8 Å². The van der Waals surface area contributed by atoms with Crippen molar-refractivity contribution in [1.29, 1.82) is 0 Å². The third-order valence-electron chi connectivity index (χ3n) is 4.78. The fraction of sp³-hybridized carbons (Fsp3) is 0.167. The van der Waals surface area contributed by atoms with Crippen molar-refractivity contribution in [3.05, 3.63) is 75.2 Å². The number of nitrogens with zero attached hydrogens (tertiary/aromatic N) is 2. The number of halogens is 2. The van der Waals surface area contributed by atoms with Crippen LogP contribution in [0.3, 0.4) is 0 Å². The molecule has 0 saturated heterocycles. The van der Waals surface area contributed by atoms with Crippen molar-refractivity contribution in [2.24, 2.45) is 4.99 Å². The summed E-state index contributed by atoms with van der Waals surface area (Å²) < 4.78 is 6.69. The maximum atomic E-state index is 10.1. The summed E-state index contributed by atoms with van der Waals surface area (Å²) in [5, 5.41) is 10.4. The van der Waals surface area contributed by atoms with Gasteiger partial charge < -0.3 is 9.52 Å². The molecule has 0 aliphatic rings. The molecular weight excluding hydrogens is 464 g/mol. The molecule has 0 atom stereocenters. The predicted molar refractivity (Wildman–Crippen MR) is 126 cm³/mol. The Morgan fingerprint density at radius 3 is 2.50 bits per heavy atom. The van der Waals surface area contributed by atoms with Gasteiger partial charge in [-0.1, -0.05) is 60.4 Å². The summed E-state index contributed by atoms with van der Waals surface area (Å²) in [6.45, 7) is 6.56. The minimum atomic E-state index is -0.00730. The fourth-order valence-corrected chi connectivity index (χ4v) is 3.89. The molecule has 3 aromatic carbocycles. The third-order valence-corrected chi connectivity index (χ3v) is 5.53. The molecule has 0 amide bonds. The number of rotatable bonds is 3. The van der Waals surface area contributed by atoms with Gasteiger partial charge in [-0.05, 0) is 53.4 Å². The molecule has 1 heterocycles. The number of phenols is 1. The Balaban J connectivity index is 1.63. The number of aromatic hydroxyl groups is 1. The quantitative estimate of drug-likeness (QED) is 0.304. The molecule has 0 radical (unpaired) electrons. The van der Waals surface area contributed by atoms with Crippen molar-refractivity contribution in [3.63, 3.8) is 0 Å². The third kappa shape index (κ3) is 4.27. The first-order valence-electron chi connectivity index (χ1n) is 9.44. The molecule has 1 aromatic heterocycles. The van der Waals surface area contributed by atoms with E-state index in [-0.39, 0.29) is 16.2 Å². The summed E-state index contributed by atoms with van der Waals surface area (Å²) in [6, 6.07) is 17.2. The number of aromatic nitrogens is 1. The molecule has 0 aliphatic heterocycles. The van der Waals surface area contributed by atoms with Gasteiger partial charge in [-0.25, -0.2) is 4.98 Å². The number of oxazole rings is 1. The van der Waals surface area contributed by atoms with Crippen molar-refractivity contribution in [1.82, 2.24) is 4.98 Å². The number of hydrogen-bond acceptors (Lipinski definition) is 4. The standard InChI is InChI=1S/C24H20BrClN2O2/c1-24(2,3)16-6-4-14(5-7-16)23-28-20-12-18(8-9-21(20)30-23)27-13-15-10-17(25)11-19(26)22(15)29/h4-13,29H,1-3H3. The van der Waals surface area contributed by atoms with Gasteiger partial charge in [-0.15, -0.1) is 0 Å². The summed E-state index contributed by atoms with van der Waals surface area (Å²) in [5.74, 6) is 0.565. The molecule has 4 rings (SSSR count). The number of phenolic OH excluding ortho intramolecular Hbond substituents is 1. The summed E-state index contributed by atoms with van der Waals surface area (Å²) >= 11 is 9.38. The lowest BCUT2D eigenvalue weighted by molar-refractivity contribution is 0.474. The molecule has 0 aliphatic carbocycles. The molecule has 0 unspecified atom stereocenters. The van der Waals surface area contributed by atoms with Gasteiger partial charge in [-0.2, -0.15) is 0 Å². The van der Waals surface area contributed by atoms with E-state index in [4.69, 9.17) is 16.0 Å². The molecule has 1 N–H and O–H groups in total. The van der Waals surface area contributed by atoms with Gasteiger partial charge >= 0.3 is 0 Å². The van der Waals surface area contributed by atoms with E-state index in [2.05, 4.69) is 58.8 Å². The SMILES string of the molecule is CC(C)(C)c1ccc(-c2nc3cc(N=Cc4cc(Br)cc(Cl)c4O)ccc3o2)cc1. The average molecular weight is 484 g/mol. The topological polar surface area (TPSA) is 58.6 Å². The second-order valence-electron chi connectivity index (χ2n) is 8.08. The molecule has 0 bridgehead atoms. The Labute approximate surface area is 188 Å². The summed E-state index contributed by atoms with van der Waals surface area (Å²) in [5.41, 5.74) is 4.91. The van der Waals surface area contributed by atoms with Gasteiger partial charge in [0.1, 0.15) is 11.3 Å². The molecule has 4 aromatic rings. The maximum absolute atomic E-state index is 10.1. The fourth-order valence-electron chi connectivity index (χ4n) is 3.06. The minimum Gasteiger partial charge on any atom is -0.506 e. The zero-order valence-electron chi connectivity index (χ0n) is 16.8. The van der Waals surface area contributed by atoms with Crippen molar-refractivity contribution >= 4 is 50.5 Å². The minimum absolute atomic E-state index is 0.00730. The number of fused-ring (bicyclic) bond motifs is 1. The molecular formula is C24H20BrClN2O2. The first kappa shape index (κ1) is 20.6. The van der Waals surface area contributed by atoms with Gasteiger partial charge in [0.15, 0.2) is 5.58 Å². The lowest BCUT2D eigenvalue weighted by Gasteiger charge is -2.18. The van der Waals surface area contributed by atoms with Crippen LogP contribution in [0.5, 0.6) is 5.75 Å². The lowest BCUT2D eigenvalue weighted by Crippen LogP contribution is -2.10. The van der Waals surface area contributed by atoms with Crippen molar-refractivity contribution in [2.45, 2.75) is 26.2 Å². The van der Waals surface area contributed by atoms with Gasteiger partial charge in [0.2, 0.25) is 5.89 Å². The van der Waals surface area contributed by atoms with E-state index >= 15 is 0 Å². The zero-order valence-corrected chi connectivity index (χ0v) is 19.1. The Bertz CT molecular complexity index is 1250.